The van der Waals surface area contributed by atoms with E-state index in [1.807, 2.05) is 0 Å². The van der Waals surface area contributed by atoms with Crippen molar-refractivity contribution in [2.45, 2.75) is 55.9 Å². The molecule has 1 saturated heterocycles. The molecule has 1 rings (SSSR count). The molecule has 7 N–H and O–H groups in total. The van der Waals surface area contributed by atoms with E-state index in [0.717, 1.165) is 0 Å². The molecule has 0 aromatic carbocycles. The maximum absolute atomic E-state index is 10.7. The predicted molar refractivity (Wildman–Crippen MR) is 77.5 cm³/mol. The Balaban J connectivity index is 0.00000441. The van der Waals surface area contributed by atoms with E-state index in [9.17, 15) is 25.0 Å². The summed E-state index contributed by atoms with van der Waals surface area (Å²) in [5.74, 6) is -2.12. The SMILES string of the molecule is O=P(O)(O)CCCCC[C@@]1(O)O[C@H](CO)[C@@H](O)[C@H](O)[C@H]1O.[NaH]. The van der Waals surface area contributed by atoms with Crippen LogP contribution >= 0.6 is 7.60 Å². The van der Waals surface area contributed by atoms with Crippen molar-refractivity contribution >= 4 is 37.2 Å². The summed E-state index contributed by atoms with van der Waals surface area (Å²) in [5, 5.41) is 48.2. The van der Waals surface area contributed by atoms with Gasteiger partial charge in [-0.2, -0.15) is 0 Å². The minimum absolute atomic E-state index is 0. The monoisotopic (exact) mass is 354 g/mol. The van der Waals surface area contributed by atoms with E-state index in [0.29, 0.717) is 6.42 Å². The quantitative estimate of drug-likeness (QED) is 0.145. The molecule has 0 saturated carbocycles. The number of aliphatic hydroxyl groups is 5. The van der Waals surface area contributed by atoms with Crippen molar-refractivity contribution in [1.29, 1.82) is 0 Å². The molecule has 11 heteroatoms. The number of hydrogen-bond donors (Lipinski definition) is 7. The van der Waals surface area contributed by atoms with Crippen LogP contribution in [0.3, 0.4) is 0 Å². The van der Waals surface area contributed by atoms with Crippen LogP contribution in [0.2, 0.25) is 0 Å². The zero-order valence-electron chi connectivity index (χ0n) is 11.4. The molecule has 22 heavy (non-hydrogen) atoms. The molecule has 128 valence electrons. The Labute approximate surface area is 150 Å². The molecule has 9 nitrogen and oxygen atoms in total. The van der Waals surface area contributed by atoms with Gasteiger partial charge in [0.2, 0.25) is 0 Å². The van der Waals surface area contributed by atoms with Gasteiger partial charge in [-0.3, -0.25) is 4.57 Å². The van der Waals surface area contributed by atoms with Gasteiger partial charge in [-0.15, -0.1) is 0 Å². The summed E-state index contributed by atoms with van der Waals surface area (Å²) >= 11 is 0. The van der Waals surface area contributed by atoms with Crippen molar-refractivity contribution < 1.29 is 44.6 Å². The van der Waals surface area contributed by atoms with Crippen LogP contribution in [0.15, 0.2) is 0 Å². The first-order valence-corrected chi connectivity index (χ1v) is 8.50. The molecule has 0 aromatic rings. The van der Waals surface area contributed by atoms with Crippen LogP contribution in [-0.2, 0) is 9.30 Å². The van der Waals surface area contributed by atoms with Crippen LogP contribution in [0.5, 0.6) is 0 Å². The summed E-state index contributed by atoms with van der Waals surface area (Å²) in [6.07, 6.45) is -5.59. The van der Waals surface area contributed by atoms with Crippen LogP contribution < -0.4 is 0 Å². The van der Waals surface area contributed by atoms with Gasteiger partial charge in [0, 0.05) is 12.6 Å². The van der Waals surface area contributed by atoms with Crippen LogP contribution in [0.4, 0.5) is 0 Å². The van der Waals surface area contributed by atoms with E-state index < -0.39 is 44.4 Å². The fourth-order valence-electron chi connectivity index (χ4n) is 2.30. The summed E-state index contributed by atoms with van der Waals surface area (Å²) in [5.41, 5.74) is 0. The van der Waals surface area contributed by atoms with E-state index >= 15 is 0 Å². The average molecular weight is 354 g/mol. The Morgan fingerprint density at radius 2 is 1.64 bits per heavy atom. The van der Waals surface area contributed by atoms with Crippen LogP contribution in [0.1, 0.15) is 25.7 Å². The average Bonchev–Trinajstić information content (AvgIpc) is 2.39. The zero-order valence-corrected chi connectivity index (χ0v) is 12.3. The third-order valence-electron chi connectivity index (χ3n) is 3.54. The molecule has 0 spiro atoms. The van der Waals surface area contributed by atoms with Crippen LogP contribution in [-0.4, -0.2) is 108 Å². The van der Waals surface area contributed by atoms with Crippen molar-refractivity contribution in [3.8, 4) is 0 Å². The summed E-state index contributed by atoms with van der Waals surface area (Å²) in [6.45, 7) is -0.633. The molecule has 0 bridgehead atoms. The van der Waals surface area contributed by atoms with Gasteiger partial charge < -0.3 is 40.1 Å². The molecule has 0 unspecified atom stereocenters. The Morgan fingerprint density at radius 3 is 2.14 bits per heavy atom. The molecular weight excluding hydrogens is 330 g/mol. The van der Waals surface area contributed by atoms with E-state index in [1.54, 1.807) is 0 Å². The van der Waals surface area contributed by atoms with Gasteiger partial charge in [-0.25, -0.2) is 0 Å². The van der Waals surface area contributed by atoms with Gasteiger partial charge in [0.05, 0.1) is 6.61 Å². The molecule has 1 aliphatic rings. The van der Waals surface area contributed by atoms with E-state index in [4.69, 9.17) is 19.6 Å². The second-order valence-electron chi connectivity index (χ2n) is 5.31. The molecule has 1 fully saturated rings. The molecule has 0 radical (unpaired) electrons. The maximum atomic E-state index is 10.7. The third-order valence-corrected chi connectivity index (χ3v) is 4.44. The summed E-state index contributed by atoms with van der Waals surface area (Å²) in [7, 11) is -4.05. The Morgan fingerprint density at radius 1 is 1.05 bits per heavy atom. The Kier molecular flexibility index (Phi) is 9.80. The Bertz CT molecular complexity index is 377. The molecule has 0 aliphatic carbocycles. The topological polar surface area (TPSA) is 168 Å². The summed E-state index contributed by atoms with van der Waals surface area (Å²) < 4.78 is 15.7. The van der Waals surface area contributed by atoms with Gasteiger partial charge in [0.1, 0.15) is 24.4 Å². The number of aliphatic hydroxyl groups excluding tert-OH is 4. The van der Waals surface area contributed by atoms with Gasteiger partial charge in [0.15, 0.2) is 5.79 Å². The molecule has 1 aliphatic heterocycles. The van der Waals surface area contributed by atoms with E-state index in [1.165, 1.54) is 0 Å². The van der Waals surface area contributed by atoms with Crippen molar-refractivity contribution in [1.82, 2.24) is 0 Å². The first kappa shape index (κ1) is 22.9. The van der Waals surface area contributed by atoms with Crippen molar-refractivity contribution in [3.63, 3.8) is 0 Å². The predicted octanol–water partition coefficient (Wildman–Crippen LogP) is -2.76. The van der Waals surface area contributed by atoms with E-state index in [-0.39, 0.29) is 55.0 Å². The summed E-state index contributed by atoms with van der Waals surface area (Å²) in [4.78, 5) is 17.4. The molecule has 1 heterocycles. The number of unbranched alkanes of at least 4 members (excludes halogenated alkanes) is 2. The number of ether oxygens (including phenoxy) is 1. The first-order chi connectivity index (χ1) is 9.60. The minimum atomic E-state index is -4.05. The van der Waals surface area contributed by atoms with Crippen molar-refractivity contribution in [2.24, 2.45) is 0 Å². The number of hydrogen-bond acceptors (Lipinski definition) is 7. The fourth-order valence-corrected chi connectivity index (χ4v) is 2.94. The molecule has 0 aromatic heterocycles. The normalized spacial score (nSPS) is 36.0. The zero-order chi connectivity index (χ0) is 16.3. The Hall–Kier alpha value is 0.910. The van der Waals surface area contributed by atoms with Gasteiger partial charge in [-0.05, 0) is 12.8 Å². The van der Waals surface area contributed by atoms with Crippen LogP contribution in [0.25, 0.3) is 0 Å². The summed E-state index contributed by atoms with van der Waals surface area (Å²) in [6, 6.07) is 0. The van der Waals surface area contributed by atoms with Gasteiger partial charge in [0.25, 0.3) is 0 Å². The number of rotatable bonds is 7. The van der Waals surface area contributed by atoms with Gasteiger partial charge in [-0.1, -0.05) is 6.42 Å². The molecular formula is C11H24NaO9P. The van der Waals surface area contributed by atoms with Gasteiger partial charge >= 0.3 is 37.2 Å². The molecule has 5 atom stereocenters. The first-order valence-electron chi connectivity index (χ1n) is 6.70. The molecule has 0 amide bonds. The second-order valence-corrected chi connectivity index (χ2v) is 7.09. The van der Waals surface area contributed by atoms with E-state index in [2.05, 4.69) is 0 Å². The van der Waals surface area contributed by atoms with Crippen LogP contribution in [0, 0.1) is 0 Å². The second kappa shape index (κ2) is 9.41. The standard InChI is InChI=1S/C11H23O9P.Na.H/c12-6-7-8(13)9(14)10(15)11(16,20-7)4-2-1-3-5-21(17,18)19;;/h7-10,12-16H,1-6H2,(H2,17,18,19);;/t7-,8-,9+,10-,11-;;/m1../s1. The van der Waals surface area contributed by atoms with Crippen molar-refractivity contribution in [2.75, 3.05) is 12.8 Å². The fraction of sp³-hybridized carbons (Fsp3) is 1.00. The third kappa shape index (κ3) is 6.43. The van der Waals surface area contributed by atoms with Crippen molar-refractivity contribution in [3.05, 3.63) is 0 Å².